The van der Waals surface area contributed by atoms with Crippen LogP contribution < -0.4 is 9.47 Å². The van der Waals surface area contributed by atoms with E-state index in [1.54, 1.807) is 30.3 Å². The van der Waals surface area contributed by atoms with Gasteiger partial charge in [0.15, 0.2) is 5.76 Å². The number of aryl methyl sites for hydroxylation is 1. The Hall–Kier alpha value is -2.63. The molecule has 0 N–H and O–H groups in total. The molecule has 0 saturated heterocycles. The molecule has 0 atom stereocenters. The van der Waals surface area contributed by atoms with E-state index in [9.17, 15) is 9.18 Å². The van der Waals surface area contributed by atoms with Gasteiger partial charge in [0.2, 0.25) is 5.78 Å². The lowest BCUT2D eigenvalue weighted by atomic mass is 10.0. The second-order valence-electron chi connectivity index (χ2n) is 6.06. The molecule has 0 spiro atoms. The van der Waals surface area contributed by atoms with Crippen LogP contribution in [0.2, 0.25) is 5.02 Å². The first-order valence-corrected chi connectivity index (χ1v) is 9.47. The first-order chi connectivity index (χ1) is 13.0. The second kappa shape index (κ2) is 7.18. The summed E-state index contributed by atoms with van der Waals surface area (Å²) < 4.78 is 25.3. The van der Waals surface area contributed by atoms with Gasteiger partial charge in [0.25, 0.3) is 0 Å². The Morgan fingerprint density at radius 3 is 2.85 bits per heavy atom. The Morgan fingerprint density at radius 1 is 1.26 bits per heavy atom. The highest BCUT2D eigenvalue weighted by molar-refractivity contribution is 7.10. The summed E-state index contributed by atoms with van der Waals surface area (Å²) in [5.41, 5.74) is 1.54. The van der Waals surface area contributed by atoms with Crippen molar-refractivity contribution < 1.29 is 18.7 Å². The molecule has 6 heteroatoms. The summed E-state index contributed by atoms with van der Waals surface area (Å²) in [5, 5.41) is 2.24. The lowest BCUT2D eigenvalue weighted by Gasteiger charge is -2.11. The van der Waals surface area contributed by atoms with E-state index in [4.69, 9.17) is 21.1 Å². The molecule has 3 nitrogen and oxygen atoms in total. The fourth-order valence-electron chi connectivity index (χ4n) is 2.89. The molecule has 3 aromatic rings. The van der Waals surface area contributed by atoms with Gasteiger partial charge in [-0.1, -0.05) is 23.7 Å². The topological polar surface area (TPSA) is 35.5 Å². The van der Waals surface area contributed by atoms with Gasteiger partial charge >= 0.3 is 0 Å². The third-order valence-corrected chi connectivity index (χ3v) is 5.38. The van der Waals surface area contributed by atoms with Crippen LogP contribution in [0.15, 0.2) is 53.6 Å². The number of allylic oxidation sites excluding steroid dienone is 1. The van der Waals surface area contributed by atoms with Gasteiger partial charge in [0, 0.05) is 22.6 Å². The van der Waals surface area contributed by atoms with Gasteiger partial charge in [0.1, 0.15) is 23.9 Å². The molecule has 0 fully saturated rings. The lowest BCUT2D eigenvalue weighted by Crippen LogP contribution is -2.01. The standard InChI is InChI=1S/C21H14ClFO3S/c1-12-8-13(25-11-15-16(22)5-2-6-17(15)23)9-18-20(12)21(24)19(26-18)10-14-4-3-7-27-14/h2-10H,11H2,1H3/b19-10-. The van der Waals surface area contributed by atoms with Gasteiger partial charge in [-0.05, 0) is 42.1 Å². The quantitative estimate of drug-likeness (QED) is 0.500. The van der Waals surface area contributed by atoms with Crippen LogP contribution in [0.4, 0.5) is 4.39 Å². The smallest absolute Gasteiger partial charge is 0.232 e. The number of halogens is 2. The normalized spacial score (nSPS) is 14.3. The number of rotatable bonds is 4. The average molecular weight is 401 g/mol. The third kappa shape index (κ3) is 3.48. The van der Waals surface area contributed by atoms with Crippen LogP contribution in [0.3, 0.4) is 0 Å². The summed E-state index contributed by atoms with van der Waals surface area (Å²) >= 11 is 7.56. The maximum Gasteiger partial charge on any atom is 0.232 e. The predicted octanol–water partition coefficient (Wildman–Crippen LogP) is 6.04. The van der Waals surface area contributed by atoms with Gasteiger partial charge in [-0.25, -0.2) is 4.39 Å². The Kier molecular flexibility index (Phi) is 4.72. The summed E-state index contributed by atoms with van der Waals surface area (Å²) in [7, 11) is 0. The van der Waals surface area contributed by atoms with E-state index in [0.717, 1.165) is 10.4 Å². The maximum absolute atomic E-state index is 13.9. The van der Waals surface area contributed by atoms with Crippen molar-refractivity contribution in [3.8, 4) is 11.5 Å². The van der Waals surface area contributed by atoms with Crippen LogP contribution in [-0.4, -0.2) is 5.78 Å². The maximum atomic E-state index is 13.9. The van der Waals surface area contributed by atoms with Crippen molar-refractivity contribution in [2.75, 3.05) is 0 Å². The highest BCUT2D eigenvalue weighted by atomic mass is 35.5. The Balaban J connectivity index is 1.59. The van der Waals surface area contributed by atoms with Crippen molar-refractivity contribution in [3.05, 3.63) is 86.0 Å². The van der Waals surface area contributed by atoms with Crippen molar-refractivity contribution >= 4 is 34.8 Å². The molecule has 27 heavy (non-hydrogen) atoms. The van der Waals surface area contributed by atoms with Crippen LogP contribution in [0, 0.1) is 12.7 Å². The molecule has 0 unspecified atom stereocenters. The molecule has 1 aliphatic heterocycles. The Labute approximate surface area is 164 Å². The number of thiophene rings is 1. The van der Waals surface area contributed by atoms with E-state index >= 15 is 0 Å². The van der Waals surface area contributed by atoms with Gasteiger partial charge in [-0.2, -0.15) is 0 Å². The number of fused-ring (bicyclic) bond motifs is 1. The second-order valence-corrected chi connectivity index (χ2v) is 7.44. The molecule has 4 rings (SSSR count). The lowest BCUT2D eigenvalue weighted by molar-refractivity contribution is 0.101. The van der Waals surface area contributed by atoms with Crippen molar-refractivity contribution in [1.29, 1.82) is 0 Å². The fraction of sp³-hybridized carbons (Fsp3) is 0.0952. The summed E-state index contributed by atoms with van der Waals surface area (Å²) in [6.45, 7) is 1.80. The van der Waals surface area contributed by atoms with Crippen molar-refractivity contribution in [3.63, 3.8) is 0 Å². The molecule has 2 heterocycles. The van der Waals surface area contributed by atoms with E-state index in [0.29, 0.717) is 22.1 Å². The van der Waals surface area contributed by atoms with Gasteiger partial charge < -0.3 is 9.47 Å². The molecule has 2 aromatic carbocycles. The zero-order valence-electron chi connectivity index (χ0n) is 14.3. The first kappa shape index (κ1) is 17.8. The van der Waals surface area contributed by atoms with E-state index in [1.807, 2.05) is 24.4 Å². The van der Waals surface area contributed by atoms with Crippen LogP contribution in [0.1, 0.15) is 26.4 Å². The summed E-state index contributed by atoms with van der Waals surface area (Å²) in [4.78, 5) is 13.6. The van der Waals surface area contributed by atoms with Crippen LogP contribution in [0.25, 0.3) is 6.08 Å². The molecule has 1 aliphatic rings. The van der Waals surface area contributed by atoms with Crippen molar-refractivity contribution in [2.45, 2.75) is 13.5 Å². The van der Waals surface area contributed by atoms with Gasteiger partial charge in [-0.15, -0.1) is 11.3 Å². The molecule has 1 aromatic heterocycles. The number of Topliss-reactive ketones (excluding diaryl/α,β-unsaturated/α-hetero) is 1. The molecular weight excluding hydrogens is 387 g/mol. The zero-order chi connectivity index (χ0) is 19.0. The van der Waals surface area contributed by atoms with Gasteiger partial charge in [-0.3, -0.25) is 4.79 Å². The summed E-state index contributed by atoms with van der Waals surface area (Å²) in [6.07, 6.45) is 1.73. The average Bonchev–Trinajstić information content (AvgIpc) is 3.23. The number of hydrogen-bond donors (Lipinski definition) is 0. The number of carbonyl (C=O) groups is 1. The Bertz CT molecular complexity index is 1040. The summed E-state index contributed by atoms with van der Waals surface area (Å²) in [5.74, 6) is 0.630. The molecule has 136 valence electrons. The van der Waals surface area contributed by atoms with E-state index < -0.39 is 5.82 Å². The number of hydrogen-bond acceptors (Lipinski definition) is 4. The SMILES string of the molecule is Cc1cc(OCc2c(F)cccc2Cl)cc2c1C(=O)/C(=C/c1cccs1)O2. The number of ether oxygens (including phenoxy) is 2. The zero-order valence-corrected chi connectivity index (χ0v) is 15.9. The highest BCUT2D eigenvalue weighted by Gasteiger charge is 2.30. The molecule has 0 radical (unpaired) electrons. The number of ketones is 1. The predicted molar refractivity (Wildman–Crippen MR) is 104 cm³/mol. The minimum atomic E-state index is -0.423. The minimum Gasteiger partial charge on any atom is -0.489 e. The van der Waals surface area contributed by atoms with E-state index in [1.165, 1.54) is 17.4 Å². The van der Waals surface area contributed by atoms with Crippen LogP contribution >= 0.6 is 22.9 Å². The van der Waals surface area contributed by atoms with Gasteiger partial charge in [0.05, 0.1) is 10.6 Å². The first-order valence-electron chi connectivity index (χ1n) is 8.21. The monoisotopic (exact) mass is 400 g/mol. The highest BCUT2D eigenvalue weighted by Crippen LogP contribution is 2.38. The fourth-order valence-corrected chi connectivity index (χ4v) is 3.75. The van der Waals surface area contributed by atoms with E-state index in [-0.39, 0.29) is 23.7 Å². The van der Waals surface area contributed by atoms with Crippen LogP contribution in [0.5, 0.6) is 11.5 Å². The number of carbonyl (C=O) groups excluding carboxylic acids is 1. The molecule has 0 aliphatic carbocycles. The van der Waals surface area contributed by atoms with E-state index in [2.05, 4.69) is 0 Å². The largest absolute Gasteiger partial charge is 0.489 e. The molecular formula is C21H14ClFO3S. The summed E-state index contributed by atoms with van der Waals surface area (Å²) in [6, 6.07) is 11.7. The molecule has 0 saturated carbocycles. The molecule has 0 bridgehead atoms. The van der Waals surface area contributed by atoms with Crippen LogP contribution in [-0.2, 0) is 6.61 Å². The third-order valence-electron chi connectivity index (χ3n) is 4.21. The Morgan fingerprint density at radius 2 is 2.11 bits per heavy atom. The molecule has 0 amide bonds. The van der Waals surface area contributed by atoms with Crippen molar-refractivity contribution in [2.24, 2.45) is 0 Å². The minimum absolute atomic E-state index is 0.0183. The number of benzene rings is 2. The van der Waals surface area contributed by atoms with Crippen molar-refractivity contribution in [1.82, 2.24) is 0 Å².